The fraction of sp³-hybridized carbons (Fsp3) is 0.235. The van der Waals surface area contributed by atoms with E-state index in [9.17, 15) is 4.79 Å². The minimum atomic E-state index is 0.116. The molecular formula is C17H17BrO2. The second-order valence-corrected chi connectivity index (χ2v) is 5.67. The Balaban J connectivity index is 2.26. The summed E-state index contributed by atoms with van der Waals surface area (Å²) >= 11 is 3.41. The molecule has 0 saturated carbocycles. The highest BCUT2D eigenvalue weighted by molar-refractivity contribution is 9.10. The molecule has 0 radical (unpaired) electrons. The fourth-order valence-electron chi connectivity index (χ4n) is 2.23. The molecule has 0 spiro atoms. The molecule has 0 aliphatic rings. The number of hydrogen-bond donors (Lipinski definition) is 0. The van der Waals surface area contributed by atoms with Crippen molar-refractivity contribution in [2.75, 3.05) is 7.11 Å². The molecular weight excluding hydrogens is 316 g/mol. The number of carbonyl (C=O) groups excluding carboxylic acids is 1. The molecule has 0 bridgehead atoms. The molecule has 2 aromatic rings. The van der Waals surface area contributed by atoms with Crippen molar-refractivity contribution in [2.45, 2.75) is 20.3 Å². The van der Waals surface area contributed by atoms with Gasteiger partial charge in [-0.3, -0.25) is 4.79 Å². The third-order valence-corrected chi connectivity index (χ3v) is 4.08. The Kier molecular flexibility index (Phi) is 4.61. The van der Waals surface area contributed by atoms with Crippen molar-refractivity contribution >= 4 is 21.7 Å². The highest BCUT2D eigenvalue weighted by atomic mass is 79.9. The first-order valence-electron chi connectivity index (χ1n) is 6.44. The predicted molar refractivity (Wildman–Crippen MR) is 84.6 cm³/mol. The van der Waals surface area contributed by atoms with Gasteiger partial charge in [-0.25, -0.2) is 0 Å². The first-order chi connectivity index (χ1) is 9.52. The largest absolute Gasteiger partial charge is 0.496 e. The normalized spacial score (nSPS) is 10.4. The smallest absolute Gasteiger partial charge is 0.167 e. The van der Waals surface area contributed by atoms with E-state index in [2.05, 4.69) is 15.9 Å². The molecule has 0 aliphatic heterocycles. The molecule has 2 nitrogen and oxygen atoms in total. The van der Waals surface area contributed by atoms with E-state index in [4.69, 9.17) is 4.74 Å². The van der Waals surface area contributed by atoms with E-state index in [1.54, 1.807) is 13.2 Å². The number of carbonyl (C=O) groups is 1. The Bertz CT molecular complexity index is 627. The zero-order chi connectivity index (χ0) is 14.7. The number of hydrogen-bond acceptors (Lipinski definition) is 2. The third kappa shape index (κ3) is 3.10. The minimum Gasteiger partial charge on any atom is -0.496 e. The molecule has 0 aromatic heterocycles. The monoisotopic (exact) mass is 332 g/mol. The summed E-state index contributed by atoms with van der Waals surface area (Å²) in [4.78, 5) is 12.4. The van der Waals surface area contributed by atoms with Crippen molar-refractivity contribution in [1.82, 2.24) is 0 Å². The molecule has 0 N–H and O–H groups in total. The number of ether oxygens (including phenoxy) is 1. The SMILES string of the molecule is COc1ccc(C(=O)Cc2c(C)cccc2C)cc1Br. The lowest BCUT2D eigenvalue weighted by Crippen LogP contribution is -2.06. The number of methoxy groups -OCH3 is 1. The van der Waals surface area contributed by atoms with E-state index in [0.717, 1.165) is 26.9 Å². The number of benzene rings is 2. The number of aryl methyl sites for hydroxylation is 2. The van der Waals surface area contributed by atoms with Crippen LogP contribution in [0.15, 0.2) is 40.9 Å². The van der Waals surface area contributed by atoms with Crippen LogP contribution in [0.25, 0.3) is 0 Å². The summed E-state index contributed by atoms with van der Waals surface area (Å²) in [5.41, 5.74) is 4.13. The molecule has 0 aliphatic carbocycles. The molecule has 0 amide bonds. The van der Waals surface area contributed by atoms with Crippen molar-refractivity contribution in [3.8, 4) is 5.75 Å². The van der Waals surface area contributed by atoms with Crippen LogP contribution in [0.4, 0.5) is 0 Å². The van der Waals surface area contributed by atoms with E-state index in [1.807, 2.05) is 44.2 Å². The van der Waals surface area contributed by atoms with Crippen LogP contribution in [0.3, 0.4) is 0 Å². The van der Waals surface area contributed by atoms with E-state index < -0.39 is 0 Å². The van der Waals surface area contributed by atoms with Gasteiger partial charge in [0.1, 0.15) is 5.75 Å². The summed E-state index contributed by atoms with van der Waals surface area (Å²) < 4.78 is 5.98. The molecule has 0 heterocycles. The van der Waals surface area contributed by atoms with Crippen molar-refractivity contribution in [1.29, 1.82) is 0 Å². The number of Topliss-reactive ketones (excluding diaryl/α,β-unsaturated/α-hetero) is 1. The van der Waals surface area contributed by atoms with Gasteiger partial charge in [-0.05, 0) is 64.7 Å². The van der Waals surface area contributed by atoms with Gasteiger partial charge in [0.15, 0.2) is 5.78 Å². The first-order valence-corrected chi connectivity index (χ1v) is 7.24. The third-order valence-electron chi connectivity index (χ3n) is 3.46. The van der Waals surface area contributed by atoms with E-state index >= 15 is 0 Å². The molecule has 20 heavy (non-hydrogen) atoms. The number of halogens is 1. The molecule has 0 fully saturated rings. The topological polar surface area (TPSA) is 26.3 Å². The van der Waals surface area contributed by atoms with E-state index in [1.165, 1.54) is 0 Å². The van der Waals surface area contributed by atoms with E-state index in [0.29, 0.717) is 12.0 Å². The number of rotatable bonds is 4. The van der Waals surface area contributed by atoms with Gasteiger partial charge >= 0.3 is 0 Å². The maximum absolute atomic E-state index is 12.4. The van der Waals surface area contributed by atoms with Crippen LogP contribution >= 0.6 is 15.9 Å². The molecule has 0 saturated heterocycles. The van der Waals surface area contributed by atoms with Gasteiger partial charge in [0.25, 0.3) is 0 Å². The van der Waals surface area contributed by atoms with Gasteiger partial charge in [0.2, 0.25) is 0 Å². The molecule has 3 heteroatoms. The lowest BCUT2D eigenvalue weighted by Gasteiger charge is -2.10. The first kappa shape index (κ1) is 14.8. The van der Waals surface area contributed by atoms with Gasteiger partial charge in [0, 0.05) is 12.0 Å². The second kappa shape index (κ2) is 6.23. The van der Waals surface area contributed by atoms with Crippen LogP contribution in [0.1, 0.15) is 27.0 Å². The summed E-state index contributed by atoms with van der Waals surface area (Å²) in [5, 5.41) is 0. The summed E-state index contributed by atoms with van der Waals surface area (Å²) in [7, 11) is 1.61. The number of ketones is 1. The summed E-state index contributed by atoms with van der Waals surface area (Å²) in [6.07, 6.45) is 0.428. The van der Waals surface area contributed by atoms with Crippen LogP contribution in [-0.4, -0.2) is 12.9 Å². The zero-order valence-electron chi connectivity index (χ0n) is 11.9. The van der Waals surface area contributed by atoms with Crippen LogP contribution < -0.4 is 4.74 Å². The molecule has 0 atom stereocenters. The molecule has 2 rings (SSSR count). The molecule has 2 aromatic carbocycles. The highest BCUT2D eigenvalue weighted by Gasteiger charge is 2.12. The maximum Gasteiger partial charge on any atom is 0.167 e. The molecule has 104 valence electrons. The summed E-state index contributed by atoms with van der Waals surface area (Å²) in [5.74, 6) is 0.847. The zero-order valence-corrected chi connectivity index (χ0v) is 13.5. The average molecular weight is 333 g/mol. The van der Waals surface area contributed by atoms with Gasteiger partial charge in [-0.2, -0.15) is 0 Å². The Morgan fingerprint density at radius 3 is 2.35 bits per heavy atom. The van der Waals surface area contributed by atoms with Crippen LogP contribution in [0, 0.1) is 13.8 Å². The van der Waals surface area contributed by atoms with Crippen LogP contribution in [-0.2, 0) is 6.42 Å². The lowest BCUT2D eigenvalue weighted by molar-refractivity contribution is 0.0992. The van der Waals surface area contributed by atoms with Crippen molar-refractivity contribution in [2.24, 2.45) is 0 Å². The Morgan fingerprint density at radius 2 is 1.80 bits per heavy atom. The predicted octanol–water partition coefficient (Wildman–Crippen LogP) is 4.50. The van der Waals surface area contributed by atoms with Gasteiger partial charge < -0.3 is 4.74 Å². The molecule has 0 unspecified atom stereocenters. The summed E-state index contributed by atoms with van der Waals surface area (Å²) in [6.45, 7) is 4.08. The van der Waals surface area contributed by atoms with Crippen molar-refractivity contribution in [3.63, 3.8) is 0 Å². The minimum absolute atomic E-state index is 0.116. The van der Waals surface area contributed by atoms with Crippen molar-refractivity contribution < 1.29 is 9.53 Å². The lowest BCUT2D eigenvalue weighted by atomic mass is 9.95. The fourth-order valence-corrected chi connectivity index (χ4v) is 2.77. The van der Waals surface area contributed by atoms with Gasteiger partial charge in [-0.1, -0.05) is 18.2 Å². The van der Waals surface area contributed by atoms with Gasteiger partial charge in [0.05, 0.1) is 11.6 Å². The maximum atomic E-state index is 12.4. The second-order valence-electron chi connectivity index (χ2n) is 4.82. The summed E-state index contributed by atoms with van der Waals surface area (Å²) in [6, 6.07) is 11.5. The standard InChI is InChI=1S/C17H17BrO2/c1-11-5-4-6-12(2)14(11)10-16(19)13-7-8-17(20-3)15(18)9-13/h4-9H,10H2,1-3H3. The van der Waals surface area contributed by atoms with Crippen LogP contribution in [0.2, 0.25) is 0 Å². The Morgan fingerprint density at radius 1 is 1.15 bits per heavy atom. The van der Waals surface area contributed by atoms with E-state index in [-0.39, 0.29) is 5.78 Å². The quantitative estimate of drug-likeness (QED) is 0.770. The van der Waals surface area contributed by atoms with Crippen molar-refractivity contribution in [3.05, 3.63) is 63.1 Å². The Hall–Kier alpha value is -1.61. The van der Waals surface area contributed by atoms with Crippen LogP contribution in [0.5, 0.6) is 5.75 Å². The Labute approximate surface area is 127 Å². The average Bonchev–Trinajstić information content (AvgIpc) is 2.42. The van der Waals surface area contributed by atoms with Gasteiger partial charge in [-0.15, -0.1) is 0 Å². The highest BCUT2D eigenvalue weighted by Crippen LogP contribution is 2.26.